The molecule has 1 amide bonds. The van der Waals surface area contributed by atoms with Crippen molar-refractivity contribution in [2.45, 2.75) is 31.4 Å². The fraction of sp³-hybridized carbons (Fsp3) is 0.316. The predicted molar refractivity (Wildman–Crippen MR) is 103 cm³/mol. The summed E-state index contributed by atoms with van der Waals surface area (Å²) >= 11 is 5.85. The molecule has 0 saturated carbocycles. The van der Waals surface area contributed by atoms with Crippen molar-refractivity contribution >= 4 is 38.9 Å². The van der Waals surface area contributed by atoms with E-state index in [1.165, 1.54) is 0 Å². The second-order valence-electron chi connectivity index (χ2n) is 6.78. The predicted octanol–water partition coefficient (Wildman–Crippen LogP) is 3.51. The van der Waals surface area contributed by atoms with E-state index in [1.807, 2.05) is 17.0 Å². The van der Waals surface area contributed by atoms with Gasteiger partial charge in [-0.2, -0.15) is 0 Å². The summed E-state index contributed by atoms with van der Waals surface area (Å²) in [6, 6.07) is 10.5. The molecule has 2 heterocycles. The van der Waals surface area contributed by atoms with Crippen LogP contribution in [-0.2, 0) is 33.4 Å². The number of carbonyl (C=O) groups excluding carboxylic acids is 1. The van der Waals surface area contributed by atoms with E-state index in [1.54, 1.807) is 24.3 Å². The number of sulfonamides is 1. The lowest BCUT2D eigenvalue weighted by molar-refractivity contribution is -0.119. The lowest BCUT2D eigenvalue weighted by Crippen LogP contribution is -2.39. The quantitative estimate of drug-likeness (QED) is 0.868. The van der Waals surface area contributed by atoms with Crippen LogP contribution in [0, 0.1) is 0 Å². The van der Waals surface area contributed by atoms with Gasteiger partial charge in [0.2, 0.25) is 15.9 Å². The molecule has 0 bridgehead atoms. The smallest absolute Gasteiger partial charge is 0.236 e. The fourth-order valence-corrected chi connectivity index (χ4v) is 5.03. The van der Waals surface area contributed by atoms with Gasteiger partial charge < -0.3 is 4.90 Å². The van der Waals surface area contributed by atoms with Crippen molar-refractivity contribution in [3.05, 3.63) is 58.1 Å². The molecule has 4 rings (SSSR count). The van der Waals surface area contributed by atoms with Gasteiger partial charge in [0.25, 0.3) is 0 Å². The molecular formula is C19H19ClN2O3S. The van der Waals surface area contributed by atoms with Gasteiger partial charge in [0.1, 0.15) is 0 Å². The zero-order valence-electron chi connectivity index (χ0n) is 14.2. The Hall–Kier alpha value is -2.05. The topological polar surface area (TPSA) is 66.5 Å². The molecule has 0 spiro atoms. The molecular weight excluding hydrogens is 372 g/mol. The molecule has 1 N–H and O–H groups in total. The molecule has 0 fully saturated rings. The summed E-state index contributed by atoms with van der Waals surface area (Å²) in [7, 11) is -3.53. The molecule has 0 unspecified atom stereocenters. The van der Waals surface area contributed by atoms with Gasteiger partial charge in [-0.05, 0) is 60.2 Å². The summed E-state index contributed by atoms with van der Waals surface area (Å²) in [5.74, 6) is 0.0517. The number of nitrogens with one attached hydrogen (secondary N) is 1. The molecule has 2 aromatic rings. The Morgan fingerprint density at radius 1 is 1.04 bits per heavy atom. The van der Waals surface area contributed by atoms with Gasteiger partial charge >= 0.3 is 0 Å². The van der Waals surface area contributed by atoms with Gasteiger partial charge in [-0.3, -0.25) is 9.52 Å². The molecule has 2 aromatic carbocycles. The average molecular weight is 391 g/mol. The van der Waals surface area contributed by atoms with Crippen LogP contribution in [-0.4, -0.2) is 20.9 Å². The molecule has 136 valence electrons. The van der Waals surface area contributed by atoms with Crippen molar-refractivity contribution in [3.8, 4) is 0 Å². The number of rotatable bonds is 4. The Morgan fingerprint density at radius 3 is 2.46 bits per heavy atom. The summed E-state index contributed by atoms with van der Waals surface area (Å²) in [6.07, 6.45) is 2.90. The highest BCUT2D eigenvalue weighted by Gasteiger charge is 2.30. The number of carbonyl (C=O) groups is 1. The van der Waals surface area contributed by atoms with Crippen LogP contribution in [0.4, 0.5) is 11.4 Å². The lowest BCUT2D eigenvalue weighted by Gasteiger charge is -2.35. The SMILES string of the molecule is O=C1CCc2cc(NS(=O)(=O)Cc3ccc(Cl)cc3)cc3c2N1CCC3. The number of hydrogen-bond acceptors (Lipinski definition) is 3. The number of aryl methyl sites for hydroxylation is 2. The summed E-state index contributed by atoms with van der Waals surface area (Å²) < 4.78 is 27.8. The molecule has 0 saturated heterocycles. The minimum absolute atomic E-state index is 0.110. The maximum atomic E-state index is 12.5. The summed E-state index contributed by atoms with van der Waals surface area (Å²) in [6.45, 7) is 0.750. The molecule has 5 nitrogen and oxygen atoms in total. The van der Waals surface area contributed by atoms with Crippen LogP contribution >= 0.6 is 11.6 Å². The fourth-order valence-electron chi connectivity index (χ4n) is 3.73. The Morgan fingerprint density at radius 2 is 1.73 bits per heavy atom. The number of halogens is 1. The van der Waals surface area contributed by atoms with E-state index in [-0.39, 0.29) is 11.7 Å². The first-order chi connectivity index (χ1) is 12.4. The first-order valence-electron chi connectivity index (χ1n) is 8.62. The maximum absolute atomic E-state index is 12.5. The molecule has 7 heteroatoms. The largest absolute Gasteiger partial charge is 0.312 e. The van der Waals surface area contributed by atoms with Gasteiger partial charge in [-0.1, -0.05) is 23.7 Å². The third-order valence-electron chi connectivity index (χ3n) is 4.82. The van der Waals surface area contributed by atoms with Crippen LogP contribution in [0.5, 0.6) is 0 Å². The van der Waals surface area contributed by atoms with Crippen LogP contribution in [0.3, 0.4) is 0 Å². The summed E-state index contributed by atoms with van der Waals surface area (Å²) in [4.78, 5) is 14.0. The van der Waals surface area contributed by atoms with E-state index >= 15 is 0 Å². The van der Waals surface area contributed by atoms with Crippen LogP contribution in [0.25, 0.3) is 0 Å². The number of hydrogen-bond donors (Lipinski definition) is 1. The average Bonchev–Trinajstić information content (AvgIpc) is 2.59. The number of nitrogens with zero attached hydrogens (tertiary/aromatic N) is 1. The van der Waals surface area contributed by atoms with E-state index in [9.17, 15) is 13.2 Å². The minimum Gasteiger partial charge on any atom is -0.312 e. The Kier molecular flexibility index (Phi) is 4.40. The van der Waals surface area contributed by atoms with Crippen molar-refractivity contribution in [1.82, 2.24) is 0 Å². The van der Waals surface area contributed by atoms with Gasteiger partial charge in [0, 0.05) is 23.7 Å². The van der Waals surface area contributed by atoms with Crippen molar-refractivity contribution in [3.63, 3.8) is 0 Å². The van der Waals surface area contributed by atoms with E-state index in [0.29, 0.717) is 29.1 Å². The van der Waals surface area contributed by atoms with Gasteiger partial charge in [-0.25, -0.2) is 8.42 Å². The van der Waals surface area contributed by atoms with E-state index < -0.39 is 10.0 Å². The third-order valence-corrected chi connectivity index (χ3v) is 6.33. The standard InChI is InChI=1S/C19H19ClN2O3S/c20-16-6-3-13(4-7-16)12-26(24,25)21-17-10-14-2-1-9-22-18(23)8-5-15(11-17)19(14)22/h3-4,6-7,10-11,21H,1-2,5,8-9,12H2. The summed E-state index contributed by atoms with van der Waals surface area (Å²) in [5.41, 5.74) is 4.34. The normalized spacial score (nSPS) is 16.3. The van der Waals surface area contributed by atoms with Crippen molar-refractivity contribution < 1.29 is 13.2 Å². The van der Waals surface area contributed by atoms with Crippen molar-refractivity contribution in [1.29, 1.82) is 0 Å². The Bertz CT molecular complexity index is 954. The van der Waals surface area contributed by atoms with Crippen LogP contribution in [0.2, 0.25) is 5.02 Å². The number of benzene rings is 2. The number of anilines is 2. The van der Waals surface area contributed by atoms with Crippen molar-refractivity contribution in [2.24, 2.45) is 0 Å². The van der Waals surface area contributed by atoms with Gasteiger partial charge in [-0.15, -0.1) is 0 Å². The highest BCUT2D eigenvalue weighted by atomic mass is 35.5. The molecule has 26 heavy (non-hydrogen) atoms. The second kappa shape index (κ2) is 6.59. The highest BCUT2D eigenvalue weighted by molar-refractivity contribution is 7.91. The third kappa shape index (κ3) is 3.44. The summed E-state index contributed by atoms with van der Waals surface area (Å²) in [5, 5.41) is 0.576. The van der Waals surface area contributed by atoms with E-state index in [0.717, 1.165) is 36.2 Å². The van der Waals surface area contributed by atoms with Crippen LogP contribution < -0.4 is 9.62 Å². The van der Waals surface area contributed by atoms with E-state index in [2.05, 4.69) is 4.72 Å². The highest BCUT2D eigenvalue weighted by Crippen LogP contribution is 2.38. The Balaban J connectivity index is 1.61. The minimum atomic E-state index is -3.53. The number of amides is 1. The zero-order chi connectivity index (χ0) is 18.3. The molecule has 2 aliphatic rings. The molecule has 0 aliphatic carbocycles. The second-order valence-corrected chi connectivity index (χ2v) is 8.94. The monoisotopic (exact) mass is 390 g/mol. The van der Waals surface area contributed by atoms with Crippen LogP contribution in [0.15, 0.2) is 36.4 Å². The molecule has 0 radical (unpaired) electrons. The van der Waals surface area contributed by atoms with E-state index in [4.69, 9.17) is 11.6 Å². The lowest BCUT2D eigenvalue weighted by atomic mass is 9.91. The molecule has 2 aliphatic heterocycles. The van der Waals surface area contributed by atoms with Gasteiger partial charge in [0.05, 0.1) is 11.4 Å². The Labute approximate surface area is 158 Å². The molecule has 0 atom stereocenters. The van der Waals surface area contributed by atoms with Crippen molar-refractivity contribution in [2.75, 3.05) is 16.2 Å². The maximum Gasteiger partial charge on any atom is 0.236 e. The van der Waals surface area contributed by atoms with Crippen LogP contribution in [0.1, 0.15) is 29.5 Å². The zero-order valence-corrected chi connectivity index (χ0v) is 15.7. The molecule has 0 aromatic heterocycles. The first-order valence-corrected chi connectivity index (χ1v) is 10.7. The van der Waals surface area contributed by atoms with Gasteiger partial charge in [0.15, 0.2) is 0 Å². The first kappa shape index (κ1) is 17.4.